The molecule has 0 fully saturated rings. The highest BCUT2D eigenvalue weighted by molar-refractivity contribution is 5.78. The van der Waals surface area contributed by atoms with Gasteiger partial charge >= 0.3 is 12.2 Å². The zero-order valence-electron chi connectivity index (χ0n) is 20.0. The second-order valence-electron chi connectivity index (χ2n) is 9.20. The Morgan fingerprint density at radius 2 is 1.41 bits per heavy atom. The van der Waals surface area contributed by atoms with Crippen molar-refractivity contribution in [3.8, 4) is 16.9 Å². The number of amides is 2. The Morgan fingerprint density at radius 3 is 2.15 bits per heavy atom. The molecule has 0 heterocycles. The molecule has 0 unspecified atom stereocenters. The fourth-order valence-electron chi connectivity index (χ4n) is 3.31. The van der Waals surface area contributed by atoms with E-state index in [9.17, 15) is 9.59 Å². The Balaban J connectivity index is 1.64. The second kappa shape index (κ2) is 11.9. The van der Waals surface area contributed by atoms with Crippen LogP contribution in [-0.4, -0.2) is 25.3 Å². The molecule has 0 aliphatic rings. The highest BCUT2D eigenvalue weighted by atomic mass is 16.6. The van der Waals surface area contributed by atoms with E-state index in [1.807, 2.05) is 93.6 Å². The van der Waals surface area contributed by atoms with Crippen molar-refractivity contribution in [2.75, 3.05) is 13.2 Å². The molecule has 0 aliphatic carbocycles. The fraction of sp³-hybridized carbons (Fsp3) is 0.286. The molecule has 0 saturated heterocycles. The van der Waals surface area contributed by atoms with Gasteiger partial charge in [-0.2, -0.15) is 0 Å². The number of hydrogen-bond acceptors (Lipinski definition) is 4. The molecule has 0 bridgehead atoms. The molecule has 0 aromatic heterocycles. The van der Waals surface area contributed by atoms with Gasteiger partial charge in [-0.25, -0.2) is 9.59 Å². The summed E-state index contributed by atoms with van der Waals surface area (Å²) in [5, 5.41) is 5.61. The van der Waals surface area contributed by atoms with Crippen molar-refractivity contribution >= 4 is 12.2 Å². The smallest absolute Gasteiger partial charge is 0.412 e. The van der Waals surface area contributed by atoms with Gasteiger partial charge in [0, 0.05) is 18.7 Å². The van der Waals surface area contributed by atoms with Crippen LogP contribution in [0.15, 0.2) is 78.9 Å². The Bertz CT molecular complexity index is 1090. The number of ether oxygens (including phenoxy) is 2. The van der Waals surface area contributed by atoms with Gasteiger partial charge in [0.15, 0.2) is 0 Å². The maximum Gasteiger partial charge on any atom is 0.412 e. The summed E-state index contributed by atoms with van der Waals surface area (Å²) in [6.45, 7) is 7.11. The van der Waals surface area contributed by atoms with Gasteiger partial charge in [0.25, 0.3) is 0 Å². The second-order valence-corrected chi connectivity index (χ2v) is 9.20. The zero-order chi connectivity index (χ0) is 24.4. The average molecular weight is 461 g/mol. The number of benzene rings is 3. The van der Waals surface area contributed by atoms with E-state index < -0.39 is 12.2 Å². The van der Waals surface area contributed by atoms with Crippen molar-refractivity contribution in [1.29, 1.82) is 0 Å². The molecule has 0 radical (unpaired) electrons. The molecule has 0 atom stereocenters. The molecule has 3 aromatic carbocycles. The third-order valence-corrected chi connectivity index (χ3v) is 4.98. The van der Waals surface area contributed by atoms with Gasteiger partial charge < -0.3 is 20.1 Å². The third-order valence-electron chi connectivity index (χ3n) is 4.98. The summed E-state index contributed by atoms with van der Waals surface area (Å²) in [6.07, 6.45) is -0.256. The van der Waals surface area contributed by atoms with Crippen LogP contribution in [0.1, 0.15) is 31.9 Å². The van der Waals surface area contributed by atoms with Crippen LogP contribution in [0.25, 0.3) is 11.1 Å². The molecule has 2 N–H and O–H groups in total. The van der Waals surface area contributed by atoms with Crippen molar-refractivity contribution in [3.63, 3.8) is 0 Å². The van der Waals surface area contributed by atoms with E-state index >= 15 is 0 Å². The number of hydrogen-bond donors (Lipinski definition) is 2. The Labute approximate surface area is 201 Å². The van der Waals surface area contributed by atoms with Gasteiger partial charge in [-0.15, -0.1) is 0 Å². The van der Waals surface area contributed by atoms with Crippen molar-refractivity contribution < 1.29 is 19.1 Å². The molecule has 0 aliphatic heterocycles. The van der Waals surface area contributed by atoms with Gasteiger partial charge in [-0.05, 0) is 34.6 Å². The summed E-state index contributed by atoms with van der Waals surface area (Å²) >= 11 is 0. The largest absolute Gasteiger partial charge is 0.449 e. The van der Waals surface area contributed by atoms with E-state index in [1.54, 1.807) is 6.07 Å². The van der Waals surface area contributed by atoms with E-state index in [0.29, 0.717) is 18.9 Å². The first-order valence-corrected chi connectivity index (χ1v) is 11.4. The Hall–Kier alpha value is -3.80. The van der Waals surface area contributed by atoms with E-state index in [4.69, 9.17) is 9.47 Å². The molecule has 6 heteroatoms. The number of rotatable bonds is 8. The summed E-state index contributed by atoms with van der Waals surface area (Å²) in [5.74, 6) is 0.447. The first-order chi connectivity index (χ1) is 16.3. The molecule has 2 amide bonds. The minimum Gasteiger partial charge on any atom is -0.449 e. The van der Waals surface area contributed by atoms with Crippen LogP contribution in [0.5, 0.6) is 5.75 Å². The van der Waals surface area contributed by atoms with E-state index in [2.05, 4.69) is 10.6 Å². The summed E-state index contributed by atoms with van der Waals surface area (Å²) in [5.41, 5.74) is 3.56. The van der Waals surface area contributed by atoms with Crippen LogP contribution < -0.4 is 15.4 Å². The highest BCUT2D eigenvalue weighted by Gasteiger charge is 2.16. The fourth-order valence-corrected chi connectivity index (χ4v) is 3.31. The minimum atomic E-state index is -0.509. The van der Waals surface area contributed by atoms with Crippen LogP contribution in [-0.2, 0) is 17.7 Å². The molecule has 178 valence electrons. The number of para-hydroxylation sites is 1. The third kappa shape index (κ3) is 7.96. The summed E-state index contributed by atoms with van der Waals surface area (Å²) in [4.78, 5) is 24.5. The van der Waals surface area contributed by atoms with Gasteiger partial charge in [0.2, 0.25) is 0 Å². The topological polar surface area (TPSA) is 76.7 Å². The van der Waals surface area contributed by atoms with Gasteiger partial charge in [-0.1, -0.05) is 93.6 Å². The molecule has 3 aromatic rings. The number of carbonyl (C=O) groups excluding carboxylic acids is 2. The van der Waals surface area contributed by atoms with Crippen molar-refractivity contribution in [2.24, 2.45) is 5.41 Å². The molecule has 0 saturated carbocycles. The highest BCUT2D eigenvalue weighted by Crippen LogP contribution is 2.32. The Morgan fingerprint density at radius 1 is 0.765 bits per heavy atom. The van der Waals surface area contributed by atoms with Crippen molar-refractivity contribution in [1.82, 2.24) is 10.6 Å². The van der Waals surface area contributed by atoms with Gasteiger partial charge in [0.05, 0.1) is 6.61 Å². The lowest BCUT2D eigenvalue weighted by molar-refractivity contribution is 0.106. The lowest BCUT2D eigenvalue weighted by atomic mass is 9.98. The maximum atomic E-state index is 12.4. The minimum absolute atomic E-state index is 0.104. The molecular formula is C28H32N2O4. The first kappa shape index (κ1) is 24.8. The first-order valence-electron chi connectivity index (χ1n) is 11.4. The SMILES string of the molecule is CC(C)(C)COC(=O)NCc1ccccc1-c1ccccc1OC(=O)NCCc1ccccc1. The predicted octanol–water partition coefficient (Wildman–Crippen LogP) is 5.96. The van der Waals surface area contributed by atoms with Crippen LogP contribution in [0.4, 0.5) is 9.59 Å². The number of nitrogens with one attached hydrogen (secondary N) is 2. The van der Waals surface area contributed by atoms with Crippen LogP contribution in [0.2, 0.25) is 0 Å². The number of alkyl carbamates (subject to hydrolysis) is 1. The van der Waals surface area contributed by atoms with Crippen LogP contribution in [0, 0.1) is 5.41 Å². The van der Waals surface area contributed by atoms with E-state index in [1.165, 1.54) is 0 Å². The Kier molecular flexibility index (Phi) is 8.68. The molecule has 3 rings (SSSR count). The van der Waals surface area contributed by atoms with E-state index in [0.717, 1.165) is 28.7 Å². The van der Waals surface area contributed by atoms with E-state index in [-0.39, 0.29) is 12.0 Å². The molecule has 0 spiro atoms. The lowest BCUT2D eigenvalue weighted by Gasteiger charge is -2.18. The summed E-state index contributed by atoms with van der Waals surface area (Å²) < 4.78 is 10.9. The molecular weight excluding hydrogens is 428 g/mol. The predicted molar refractivity (Wildman–Crippen MR) is 134 cm³/mol. The van der Waals surface area contributed by atoms with Crippen molar-refractivity contribution in [2.45, 2.75) is 33.7 Å². The maximum absolute atomic E-state index is 12.4. The standard InChI is InChI=1S/C28H32N2O4/c1-28(2,3)20-33-26(31)30-19-22-13-7-8-14-23(22)24-15-9-10-16-25(24)34-27(32)29-18-17-21-11-5-4-6-12-21/h4-16H,17-20H2,1-3H3,(H,29,32)(H,30,31). The molecule has 34 heavy (non-hydrogen) atoms. The summed E-state index contributed by atoms with van der Waals surface area (Å²) in [7, 11) is 0. The average Bonchev–Trinajstić information content (AvgIpc) is 2.82. The zero-order valence-corrected chi connectivity index (χ0v) is 20.0. The quantitative estimate of drug-likeness (QED) is 0.435. The lowest BCUT2D eigenvalue weighted by Crippen LogP contribution is -2.29. The van der Waals surface area contributed by atoms with Crippen molar-refractivity contribution in [3.05, 3.63) is 90.0 Å². The number of carbonyl (C=O) groups is 2. The normalized spacial score (nSPS) is 10.9. The van der Waals surface area contributed by atoms with Crippen LogP contribution >= 0.6 is 0 Å². The monoisotopic (exact) mass is 460 g/mol. The summed E-state index contributed by atoms with van der Waals surface area (Å²) in [6, 6.07) is 25.0. The van der Waals surface area contributed by atoms with Gasteiger partial charge in [-0.3, -0.25) is 0 Å². The van der Waals surface area contributed by atoms with Crippen LogP contribution in [0.3, 0.4) is 0 Å². The molecule has 6 nitrogen and oxygen atoms in total. The van der Waals surface area contributed by atoms with Gasteiger partial charge in [0.1, 0.15) is 5.75 Å².